The van der Waals surface area contributed by atoms with Gasteiger partial charge in [-0.05, 0) is 29.7 Å². The van der Waals surface area contributed by atoms with Gasteiger partial charge >= 0.3 is 0 Å². The molecule has 0 aromatic heterocycles. The third-order valence-electron chi connectivity index (χ3n) is 3.45. The molecule has 2 aromatic rings. The zero-order valence-electron chi connectivity index (χ0n) is 12.5. The highest BCUT2D eigenvalue weighted by molar-refractivity contribution is 5.29. The molecular formula is C18H23NO2. The van der Waals surface area contributed by atoms with Crippen LogP contribution in [-0.4, -0.2) is 17.8 Å². The van der Waals surface area contributed by atoms with Crippen molar-refractivity contribution in [2.24, 2.45) is 0 Å². The zero-order chi connectivity index (χ0) is 14.9. The van der Waals surface area contributed by atoms with Crippen molar-refractivity contribution >= 4 is 0 Å². The van der Waals surface area contributed by atoms with Crippen LogP contribution in [0.3, 0.4) is 0 Å². The van der Waals surface area contributed by atoms with Crippen molar-refractivity contribution in [2.45, 2.75) is 32.5 Å². The average molecular weight is 285 g/mol. The number of aliphatic hydroxyl groups excluding tert-OH is 1. The van der Waals surface area contributed by atoms with Crippen molar-refractivity contribution in [1.82, 2.24) is 5.32 Å². The van der Waals surface area contributed by atoms with E-state index in [1.165, 1.54) is 0 Å². The van der Waals surface area contributed by atoms with Crippen molar-refractivity contribution in [2.75, 3.05) is 6.61 Å². The van der Waals surface area contributed by atoms with E-state index in [4.69, 9.17) is 4.74 Å². The van der Waals surface area contributed by atoms with Crippen molar-refractivity contribution in [1.29, 1.82) is 0 Å². The molecule has 2 N–H and O–H groups in total. The molecule has 0 aliphatic carbocycles. The van der Waals surface area contributed by atoms with Gasteiger partial charge in [-0.25, -0.2) is 0 Å². The van der Waals surface area contributed by atoms with Crippen molar-refractivity contribution in [3.8, 4) is 5.75 Å². The first-order valence-corrected chi connectivity index (χ1v) is 7.41. The normalized spacial score (nSPS) is 12.1. The molecule has 1 atom stereocenters. The van der Waals surface area contributed by atoms with Gasteiger partial charge in [0.2, 0.25) is 0 Å². The van der Waals surface area contributed by atoms with Crippen LogP contribution >= 0.6 is 0 Å². The summed E-state index contributed by atoms with van der Waals surface area (Å²) in [5.74, 6) is 0.871. The largest absolute Gasteiger partial charge is 0.489 e. The summed E-state index contributed by atoms with van der Waals surface area (Å²) in [6.07, 6.45) is 0.917. The first-order valence-electron chi connectivity index (χ1n) is 7.41. The Morgan fingerprint density at radius 2 is 1.81 bits per heavy atom. The minimum atomic E-state index is 0.152. The topological polar surface area (TPSA) is 41.5 Å². The summed E-state index contributed by atoms with van der Waals surface area (Å²) in [4.78, 5) is 0. The molecule has 0 radical (unpaired) electrons. The summed E-state index contributed by atoms with van der Waals surface area (Å²) >= 11 is 0. The van der Waals surface area contributed by atoms with E-state index in [1.54, 1.807) is 0 Å². The Balaban J connectivity index is 1.88. The van der Waals surface area contributed by atoms with Gasteiger partial charge in [-0.2, -0.15) is 0 Å². The standard InChI is InChI=1S/C18H23NO2/c1-2-17(13-20)19-12-16-9-6-10-18(11-16)21-14-15-7-4-3-5-8-15/h3-11,17,19-20H,2,12-14H2,1H3/t17-/m1/s1. The number of benzene rings is 2. The fourth-order valence-electron chi connectivity index (χ4n) is 2.09. The van der Waals surface area contributed by atoms with E-state index in [9.17, 15) is 5.11 Å². The molecule has 21 heavy (non-hydrogen) atoms. The second-order valence-corrected chi connectivity index (χ2v) is 5.09. The predicted molar refractivity (Wildman–Crippen MR) is 85.2 cm³/mol. The third-order valence-corrected chi connectivity index (χ3v) is 3.45. The molecule has 2 rings (SSSR count). The highest BCUT2D eigenvalue weighted by atomic mass is 16.5. The molecule has 112 valence electrons. The Bertz CT molecular complexity index is 524. The quantitative estimate of drug-likeness (QED) is 0.783. The van der Waals surface area contributed by atoms with Crippen LogP contribution < -0.4 is 10.1 Å². The lowest BCUT2D eigenvalue weighted by Crippen LogP contribution is -2.31. The van der Waals surface area contributed by atoms with E-state index in [0.29, 0.717) is 6.61 Å². The van der Waals surface area contributed by atoms with Gasteiger partial charge in [0.1, 0.15) is 12.4 Å². The smallest absolute Gasteiger partial charge is 0.120 e. The lowest BCUT2D eigenvalue weighted by molar-refractivity contribution is 0.238. The molecule has 2 aromatic carbocycles. The minimum absolute atomic E-state index is 0.152. The maximum Gasteiger partial charge on any atom is 0.120 e. The van der Waals surface area contributed by atoms with Crippen LogP contribution in [0.4, 0.5) is 0 Å². The second-order valence-electron chi connectivity index (χ2n) is 5.09. The first-order chi connectivity index (χ1) is 10.3. The van der Waals surface area contributed by atoms with Gasteiger partial charge in [0.15, 0.2) is 0 Å². The van der Waals surface area contributed by atoms with E-state index in [0.717, 1.165) is 29.8 Å². The summed E-state index contributed by atoms with van der Waals surface area (Å²) in [5.41, 5.74) is 2.32. The van der Waals surface area contributed by atoms with Gasteiger partial charge in [0.05, 0.1) is 6.61 Å². The SMILES string of the molecule is CC[C@H](CO)NCc1cccc(OCc2ccccc2)c1. The van der Waals surface area contributed by atoms with Crippen LogP contribution in [0.25, 0.3) is 0 Å². The molecule has 0 saturated heterocycles. The van der Waals surface area contributed by atoms with Crippen molar-refractivity contribution < 1.29 is 9.84 Å². The van der Waals surface area contributed by atoms with Gasteiger partial charge in [-0.3, -0.25) is 0 Å². The van der Waals surface area contributed by atoms with Crippen LogP contribution in [0.1, 0.15) is 24.5 Å². The molecule has 0 spiro atoms. The summed E-state index contributed by atoms with van der Waals surface area (Å²) in [6.45, 7) is 3.54. The molecular weight excluding hydrogens is 262 g/mol. The second kappa shape index (κ2) is 8.45. The number of hydrogen-bond donors (Lipinski definition) is 2. The molecule has 0 saturated carbocycles. The monoisotopic (exact) mass is 285 g/mol. The molecule has 0 aliphatic rings. The maximum absolute atomic E-state index is 9.18. The summed E-state index contributed by atoms with van der Waals surface area (Å²) in [7, 11) is 0. The zero-order valence-corrected chi connectivity index (χ0v) is 12.5. The Labute approximate surface area is 126 Å². The van der Waals surface area contributed by atoms with E-state index in [2.05, 4.69) is 30.4 Å². The van der Waals surface area contributed by atoms with Crippen LogP contribution in [0.2, 0.25) is 0 Å². The number of nitrogens with one attached hydrogen (secondary N) is 1. The summed E-state index contributed by atoms with van der Waals surface area (Å²) in [5, 5.41) is 12.5. The Morgan fingerprint density at radius 1 is 1.05 bits per heavy atom. The highest BCUT2D eigenvalue weighted by Gasteiger charge is 2.04. The summed E-state index contributed by atoms with van der Waals surface area (Å²) < 4.78 is 5.82. The Hall–Kier alpha value is -1.84. The molecule has 3 heteroatoms. The van der Waals surface area contributed by atoms with Gasteiger partial charge in [0, 0.05) is 12.6 Å². The lowest BCUT2D eigenvalue weighted by atomic mass is 10.2. The number of aliphatic hydroxyl groups is 1. The van der Waals surface area contributed by atoms with Crippen LogP contribution in [0.5, 0.6) is 5.75 Å². The van der Waals surface area contributed by atoms with E-state index in [-0.39, 0.29) is 12.6 Å². The number of hydrogen-bond acceptors (Lipinski definition) is 3. The molecule has 0 bridgehead atoms. The first kappa shape index (κ1) is 15.5. The highest BCUT2D eigenvalue weighted by Crippen LogP contribution is 2.15. The lowest BCUT2D eigenvalue weighted by Gasteiger charge is -2.14. The van der Waals surface area contributed by atoms with Gasteiger partial charge < -0.3 is 15.2 Å². The summed E-state index contributed by atoms with van der Waals surface area (Å²) in [6, 6.07) is 18.4. The van der Waals surface area contributed by atoms with Crippen LogP contribution in [0, 0.1) is 0 Å². The molecule has 0 heterocycles. The molecule has 0 aliphatic heterocycles. The molecule has 0 fully saturated rings. The van der Waals surface area contributed by atoms with E-state index >= 15 is 0 Å². The fourth-order valence-corrected chi connectivity index (χ4v) is 2.09. The Morgan fingerprint density at radius 3 is 2.52 bits per heavy atom. The minimum Gasteiger partial charge on any atom is -0.489 e. The van der Waals surface area contributed by atoms with Gasteiger partial charge in [-0.15, -0.1) is 0 Å². The van der Waals surface area contributed by atoms with Crippen molar-refractivity contribution in [3.63, 3.8) is 0 Å². The van der Waals surface area contributed by atoms with Gasteiger partial charge in [0.25, 0.3) is 0 Å². The van der Waals surface area contributed by atoms with E-state index in [1.807, 2.05) is 36.4 Å². The van der Waals surface area contributed by atoms with E-state index < -0.39 is 0 Å². The fraction of sp³-hybridized carbons (Fsp3) is 0.333. The average Bonchev–Trinajstić information content (AvgIpc) is 2.55. The number of ether oxygens (including phenoxy) is 1. The molecule has 3 nitrogen and oxygen atoms in total. The maximum atomic E-state index is 9.18. The van der Waals surface area contributed by atoms with Crippen LogP contribution in [-0.2, 0) is 13.2 Å². The van der Waals surface area contributed by atoms with Crippen molar-refractivity contribution in [3.05, 3.63) is 65.7 Å². The molecule has 0 unspecified atom stereocenters. The molecule has 0 amide bonds. The van der Waals surface area contributed by atoms with Gasteiger partial charge in [-0.1, -0.05) is 49.4 Å². The predicted octanol–water partition coefficient (Wildman–Crippen LogP) is 3.13. The number of rotatable bonds is 8. The van der Waals surface area contributed by atoms with Crippen LogP contribution in [0.15, 0.2) is 54.6 Å². The Kier molecular flexibility index (Phi) is 6.25. The third kappa shape index (κ3) is 5.21.